The Morgan fingerprint density at radius 2 is 2.20 bits per heavy atom. The molecule has 1 aromatic carbocycles. The van der Waals surface area contributed by atoms with E-state index >= 15 is 0 Å². The predicted octanol–water partition coefficient (Wildman–Crippen LogP) is 2.01. The molecule has 1 fully saturated rings. The van der Waals surface area contributed by atoms with E-state index in [1.165, 1.54) is 6.07 Å². The van der Waals surface area contributed by atoms with Crippen LogP contribution in [-0.2, 0) is 0 Å². The van der Waals surface area contributed by atoms with Gasteiger partial charge in [0.1, 0.15) is 5.82 Å². The highest BCUT2D eigenvalue weighted by atomic mass is 32.1. The van der Waals surface area contributed by atoms with Crippen molar-refractivity contribution >= 4 is 29.2 Å². The Morgan fingerprint density at radius 3 is 2.90 bits per heavy atom. The number of aliphatic hydroxyl groups is 1. The fraction of sp³-hybridized carbons (Fsp3) is 0.385. The molecule has 1 saturated carbocycles. The van der Waals surface area contributed by atoms with Gasteiger partial charge >= 0.3 is 0 Å². The average Bonchev–Trinajstić information content (AvgIpc) is 2.94. The Labute approximate surface area is 119 Å². The largest absolute Gasteiger partial charge is 0.391 e. The summed E-state index contributed by atoms with van der Waals surface area (Å²) in [5.41, 5.74) is 1.11. The predicted molar refractivity (Wildman–Crippen MR) is 74.6 cm³/mol. The molecule has 20 heavy (non-hydrogen) atoms. The molecule has 0 aliphatic heterocycles. The third-order valence-electron chi connectivity index (χ3n) is 3.63. The molecule has 4 N–H and O–H groups in total. The molecule has 1 heterocycles. The van der Waals surface area contributed by atoms with Gasteiger partial charge in [-0.05, 0) is 43.6 Å². The van der Waals surface area contributed by atoms with Gasteiger partial charge in [0, 0.05) is 0 Å². The molecule has 1 aliphatic rings. The molecule has 1 aliphatic carbocycles. The fourth-order valence-electron chi connectivity index (χ4n) is 2.64. The third-order valence-corrected chi connectivity index (χ3v) is 3.83. The van der Waals surface area contributed by atoms with Gasteiger partial charge in [-0.2, -0.15) is 0 Å². The second kappa shape index (κ2) is 4.99. The lowest BCUT2D eigenvalue weighted by atomic mass is 10.1. The normalized spacial score (nSPS) is 22.3. The first-order valence-corrected chi connectivity index (χ1v) is 6.86. The summed E-state index contributed by atoms with van der Waals surface area (Å²) < 4.78 is 13.9. The molecular formula is C13H14FN3O2S. The summed E-state index contributed by atoms with van der Waals surface area (Å²) in [5, 5.41) is 12.5. The van der Waals surface area contributed by atoms with Crippen molar-refractivity contribution in [3.8, 4) is 0 Å². The van der Waals surface area contributed by atoms with Crippen LogP contribution in [0.5, 0.6) is 0 Å². The zero-order valence-electron chi connectivity index (χ0n) is 10.6. The van der Waals surface area contributed by atoms with Gasteiger partial charge in [0.15, 0.2) is 4.77 Å². The highest BCUT2D eigenvalue weighted by Gasteiger charge is 2.27. The number of aromatic nitrogens is 2. The molecule has 3 rings (SSSR count). The molecule has 1 aromatic heterocycles. The molecule has 0 bridgehead atoms. The van der Waals surface area contributed by atoms with E-state index < -0.39 is 17.8 Å². The average molecular weight is 295 g/mol. The van der Waals surface area contributed by atoms with Crippen molar-refractivity contribution in [2.75, 3.05) is 0 Å². The molecule has 0 spiro atoms. The van der Waals surface area contributed by atoms with Crippen molar-refractivity contribution < 1.29 is 14.3 Å². The maximum Gasteiger partial charge on any atom is 0.253 e. The molecule has 0 unspecified atom stereocenters. The van der Waals surface area contributed by atoms with Crippen LogP contribution in [0.1, 0.15) is 29.6 Å². The van der Waals surface area contributed by atoms with Crippen molar-refractivity contribution in [3.63, 3.8) is 0 Å². The molecule has 1 amide bonds. The van der Waals surface area contributed by atoms with Crippen molar-refractivity contribution in [2.45, 2.75) is 31.4 Å². The van der Waals surface area contributed by atoms with Crippen LogP contribution in [0.15, 0.2) is 12.1 Å². The summed E-state index contributed by atoms with van der Waals surface area (Å²) in [6, 6.07) is 2.17. The van der Waals surface area contributed by atoms with E-state index in [9.17, 15) is 14.3 Å². The van der Waals surface area contributed by atoms with Crippen LogP contribution in [0.2, 0.25) is 0 Å². The molecule has 0 saturated heterocycles. The van der Waals surface area contributed by atoms with E-state index in [0.29, 0.717) is 22.2 Å². The van der Waals surface area contributed by atoms with E-state index in [2.05, 4.69) is 15.3 Å². The lowest BCUT2D eigenvalue weighted by Gasteiger charge is -2.16. The van der Waals surface area contributed by atoms with Gasteiger partial charge in [-0.25, -0.2) is 4.39 Å². The van der Waals surface area contributed by atoms with Gasteiger partial charge in [-0.15, -0.1) is 0 Å². The first-order chi connectivity index (χ1) is 9.54. The van der Waals surface area contributed by atoms with Crippen LogP contribution in [0.3, 0.4) is 0 Å². The monoisotopic (exact) mass is 295 g/mol. The van der Waals surface area contributed by atoms with Crippen LogP contribution in [0.4, 0.5) is 4.39 Å². The number of carbonyl (C=O) groups is 1. The Balaban J connectivity index is 1.96. The Hall–Kier alpha value is -1.73. The van der Waals surface area contributed by atoms with Crippen molar-refractivity contribution in [3.05, 3.63) is 28.3 Å². The highest BCUT2D eigenvalue weighted by molar-refractivity contribution is 7.71. The lowest BCUT2D eigenvalue weighted by Crippen LogP contribution is -2.39. The smallest absolute Gasteiger partial charge is 0.253 e. The zero-order chi connectivity index (χ0) is 14.3. The number of halogens is 1. The molecule has 2 atom stereocenters. The maximum atomic E-state index is 13.6. The fourth-order valence-corrected chi connectivity index (χ4v) is 2.85. The summed E-state index contributed by atoms with van der Waals surface area (Å²) >= 11 is 4.96. The molecule has 106 valence electrons. The summed E-state index contributed by atoms with van der Waals surface area (Å²) in [6.45, 7) is 0. The standard InChI is InChI=1S/C13H14FN3O2S/c14-6-4-7(11-9(5-6)16-13(20)17-11)12(19)15-8-2-1-3-10(8)18/h4-5,8,10,18H,1-3H2,(H,15,19)(H2,16,17,20)/t8-,10+/m0/s1. The van der Waals surface area contributed by atoms with E-state index in [1.807, 2.05) is 0 Å². The Bertz CT molecular complexity index is 724. The Kier molecular flexibility index (Phi) is 3.31. The van der Waals surface area contributed by atoms with E-state index in [-0.39, 0.29) is 11.6 Å². The zero-order valence-corrected chi connectivity index (χ0v) is 11.4. The number of nitrogens with one attached hydrogen (secondary N) is 3. The summed E-state index contributed by atoms with van der Waals surface area (Å²) in [4.78, 5) is 17.9. The van der Waals surface area contributed by atoms with Crippen LogP contribution in [0, 0.1) is 10.6 Å². The topological polar surface area (TPSA) is 80.9 Å². The summed E-state index contributed by atoms with van der Waals surface area (Å²) in [5.74, 6) is -0.925. The minimum Gasteiger partial charge on any atom is -0.391 e. The van der Waals surface area contributed by atoms with E-state index in [0.717, 1.165) is 18.9 Å². The number of hydrogen-bond donors (Lipinski definition) is 4. The minimum atomic E-state index is -0.535. The number of imidazole rings is 1. The summed E-state index contributed by atoms with van der Waals surface area (Å²) in [7, 11) is 0. The molecule has 2 aromatic rings. The van der Waals surface area contributed by atoms with E-state index in [1.54, 1.807) is 0 Å². The molecule has 7 heteroatoms. The SMILES string of the molecule is O=C(N[C@H]1CCC[C@H]1O)c1cc(F)cc2[nH]c(=S)[nH]c12. The quantitative estimate of drug-likeness (QED) is 0.640. The number of rotatable bonds is 2. The number of benzene rings is 1. The second-order valence-electron chi connectivity index (χ2n) is 5.03. The lowest BCUT2D eigenvalue weighted by molar-refractivity contribution is 0.0874. The van der Waals surface area contributed by atoms with Crippen molar-refractivity contribution in [1.82, 2.24) is 15.3 Å². The van der Waals surface area contributed by atoms with E-state index in [4.69, 9.17) is 12.2 Å². The number of carbonyl (C=O) groups excluding carboxylic acids is 1. The van der Waals surface area contributed by atoms with Gasteiger partial charge in [-0.1, -0.05) is 0 Å². The highest BCUT2D eigenvalue weighted by Crippen LogP contribution is 2.21. The Morgan fingerprint density at radius 1 is 1.40 bits per heavy atom. The third kappa shape index (κ3) is 2.34. The number of H-pyrrole nitrogens is 2. The molecule has 5 nitrogen and oxygen atoms in total. The van der Waals surface area contributed by atoms with Gasteiger partial charge < -0.3 is 20.4 Å². The summed E-state index contributed by atoms with van der Waals surface area (Å²) in [6.07, 6.45) is 1.75. The van der Waals surface area contributed by atoms with Crippen LogP contribution >= 0.6 is 12.2 Å². The first-order valence-electron chi connectivity index (χ1n) is 6.45. The first kappa shape index (κ1) is 13.3. The van der Waals surface area contributed by atoms with Crippen molar-refractivity contribution in [2.24, 2.45) is 0 Å². The van der Waals surface area contributed by atoms with Crippen molar-refractivity contribution in [1.29, 1.82) is 0 Å². The molecule has 0 radical (unpaired) electrons. The van der Waals surface area contributed by atoms with Crippen LogP contribution < -0.4 is 5.32 Å². The number of hydrogen-bond acceptors (Lipinski definition) is 3. The number of fused-ring (bicyclic) bond motifs is 1. The number of aliphatic hydroxyl groups excluding tert-OH is 1. The van der Waals surface area contributed by atoms with Gasteiger partial charge in [-0.3, -0.25) is 4.79 Å². The minimum absolute atomic E-state index is 0.187. The number of aromatic amines is 2. The van der Waals surface area contributed by atoms with Crippen LogP contribution in [-0.4, -0.2) is 33.1 Å². The maximum absolute atomic E-state index is 13.6. The van der Waals surface area contributed by atoms with Gasteiger partial charge in [0.25, 0.3) is 5.91 Å². The second-order valence-corrected chi connectivity index (χ2v) is 5.44. The molecular weight excluding hydrogens is 281 g/mol. The van der Waals surface area contributed by atoms with Gasteiger partial charge in [0.2, 0.25) is 0 Å². The van der Waals surface area contributed by atoms with Gasteiger partial charge in [0.05, 0.1) is 28.7 Å². The van der Waals surface area contributed by atoms with Crippen LogP contribution in [0.25, 0.3) is 11.0 Å². The number of amides is 1.